The van der Waals surface area contributed by atoms with E-state index in [1.165, 1.54) is 0 Å². The zero-order valence-electron chi connectivity index (χ0n) is 15.4. The third kappa shape index (κ3) is 4.02. The second-order valence-corrected chi connectivity index (χ2v) is 7.83. The molecular weight excluding hydrogens is 372 g/mol. The summed E-state index contributed by atoms with van der Waals surface area (Å²) in [6.45, 7) is 0.00660. The Morgan fingerprint density at radius 2 is 1.70 bits per heavy atom. The molecule has 1 aromatic heterocycles. The van der Waals surface area contributed by atoms with Crippen LogP contribution in [0.15, 0.2) is 34.7 Å². The van der Waals surface area contributed by atoms with Gasteiger partial charge in [-0.1, -0.05) is 24.3 Å². The van der Waals surface area contributed by atoms with Crippen LogP contribution < -0.4 is 9.47 Å². The van der Waals surface area contributed by atoms with Crippen molar-refractivity contribution < 1.29 is 31.6 Å². The van der Waals surface area contributed by atoms with Crippen molar-refractivity contribution in [1.29, 1.82) is 0 Å². The summed E-state index contributed by atoms with van der Waals surface area (Å²) in [5.41, 5.74) is 0.495. The summed E-state index contributed by atoms with van der Waals surface area (Å²) < 4.78 is 43.7. The number of aliphatic hydroxyl groups is 1. The largest absolute Gasteiger partial charge is 0.495 e. The molecule has 0 fully saturated rings. The monoisotopic (exact) mass is 394 g/mol. The van der Waals surface area contributed by atoms with Gasteiger partial charge in [-0.05, 0) is 18.9 Å². The molecule has 27 heavy (non-hydrogen) atoms. The number of hydrogen-bond donors (Lipinski definition) is 1. The third-order valence-electron chi connectivity index (χ3n) is 4.27. The highest BCUT2D eigenvalue weighted by Gasteiger charge is 2.22. The lowest BCUT2D eigenvalue weighted by Gasteiger charge is -2.11. The fourth-order valence-corrected chi connectivity index (χ4v) is 3.53. The van der Waals surface area contributed by atoms with Crippen LogP contribution in [0, 0.1) is 0 Å². The van der Waals surface area contributed by atoms with Crippen molar-refractivity contribution in [2.75, 3.05) is 27.1 Å². The molecule has 1 atom stereocenters. The molecule has 0 aliphatic carbocycles. The van der Waals surface area contributed by atoms with Crippen LogP contribution in [0.1, 0.15) is 24.7 Å². The molecular formula is C19H22O7S. The first-order chi connectivity index (χ1) is 12.9. The number of aliphatic hydroxyl groups excluding tert-OH is 1. The lowest BCUT2D eigenvalue weighted by Crippen LogP contribution is -2.05. The highest BCUT2D eigenvalue weighted by Crippen LogP contribution is 2.44. The zero-order valence-corrected chi connectivity index (χ0v) is 16.2. The van der Waals surface area contributed by atoms with E-state index in [0.717, 1.165) is 17.0 Å². The Morgan fingerprint density at radius 3 is 2.30 bits per heavy atom. The van der Waals surface area contributed by atoms with Crippen LogP contribution in [0.5, 0.6) is 11.5 Å². The predicted octanol–water partition coefficient (Wildman–Crippen LogP) is 3.39. The van der Waals surface area contributed by atoms with E-state index >= 15 is 0 Å². The van der Waals surface area contributed by atoms with Gasteiger partial charge in [-0.15, -0.1) is 0 Å². The fraction of sp³-hybridized carbons (Fsp3) is 0.368. The van der Waals surface area contributed by atoms with Gasteiger partial charge in [0.15, 0.2) is 11.3 Å². The first kappa shape index (κ1) is 19.5. The number of fused-ring (bicyclic) bond motifs is 2. The van der Waals surface area contributed by atoms with E-state index < -0.39 is 16.2 Å². The lowest BCUT2D eigenvalue weighted by atomic mass is 10.0. The Kier molecular flexibility index (Phi) is 5.59. The number of hydrogen-bond acceptors (Lipinski definition) is 7. The van der Waals surface area contributed by atoms with Crippen molar-refractivity contribution in [3.05, 3.63) is 36.1 Å². The van der Waals surface area contributed by atoms with Crippen molar-refractivity contribution in [3.8, 4) is 11.5 Å². The van der Waals surface area contributed by atoms with Gasteiger partial charge in [-0.25, -0.2) is 0 Å². The average Bonchev–Trinajstić information content (AvgIpc) is 3.07. The molecule has 0 amide bonds. The van der Waals surface area contributed by atoms with Gasteiger partial charge in [0.1, 0.15) is 17.6 Å². The maximum atomic E-state index is 11.0. The van der Waals surface area contributed by atoms with E-state index in [0.29, 0.717) is 41.1 Å². The Hall–Kier alpha value is -2.29. The molecule has 7 nitrogen and oxygen atoms in total. The lowest BCUT2D eigenvalue weighted by molar-refractivity contribution is 0.133. The number of benzene rings is 2. The molecule has 0 aliphatic heterocycles. The van der Waals surface area contributed by atoms with Crippen molar-refractivity contribution in [2.24, 2.45) is 0 Å². The van der Waals surface area contributed by atoms with Gasteiger partial charge in [0.2, 0.25) is 0 Å². The highest BCUT2D eigenvalue weighted by molar-refractivity contribution is 7.85. The minimum atomic E-state index is -3.49. The zero-order chi connectivity index (χ0) is 19.6. The van der Waals surface area contributed by atoms with E-state index in [1.54, 1.807) is 20.3 Å². The molecule has 1 N–H and O–H groups in total. The minimum absolute atomic E-state index is 0.00660. The quantitative estimate of drug-likeness (QED) is 0.462. The molecule has 1 heterocycles. The van der Waals surface area contributed by atoms with Crippen LogP contribution in [0.25, 0.3) is 21.7 Å². The molecule has 0 bridgehead atoms. The van der Waals surface area contributed by atoms with Crippen LogP contribution in [-0.4, -0.2) is 40.6 Å². The third-order valence-corrected chi connectivity index (χ3v) is 4.87. The summed E-state index contributed by atoms with van der Waals surface area (Å²) in [5, 5.41) is 12.9. The molecule has 0 spiro atoms. The molecule has 0 saturated carbocycles. The molecule has 0 saturated heterocycles. The number of rotatable bonds is 8. The maximum Gasteiger partial charge on any atom is 0.264 e. The van der Waals surface area contributed by atoms with Crippen molar-refractivity contribution in [1.82, 2.24) is 0 Å². The summed E-state index contributed by atoms with van der Waals surface area (Å²) in [6.07, 6.45) is 0.741. The van der Waals surface area contributed by atoms with E-state index in [2.05, 4.69) is 0 Å². The topological polar surface area (TPSA) is 95.2 Å². The van der Waals surface area contributed by atoms with Crippen LogP contribution in [-0.2, 0) is 14.3 Å². The average molecular weight is 394 g/mol. The predicted molar refractivity (Wildman–Crippen MR) is 102 cm³/mol. The van der Waals surface area contributed by atoms with Crippen LogP contribution >= 0.6 is 0 Å². The minimum Gasteiger partial charge on any atom is -0.495 e. The van der Waals surface area contributed by atoms with E-state index in [1.807, 2.05) is 24.3 Å². The van der Waals surface area contributed by atoms with E-state index in [4.69, 9.17) is 18.1 Å². The van der Waals surface area contributed by atoms with Gasteiger partial charge in [-0.3, -0.25) is 4.18 Å². The van der Waals surface area contributed by atoms with Crippen molar-refractivity contribution >= 4 is 31.9 Å². The molecule has 1 unspecified atom stereocenters. The van der Waals surface area contributed by atoms with Gasteiger partial charge >= 0.3 is 0 Å². The van der Waals surface area contributed by atoms with Gasteiger partial charge < -0.3 is 19.0 Å². The molecule has 3 aromatic rings. The number of furan rings is 1. The molecule has 0 radical (unpaired) electrons. The molecule has 3 rings (SSSR count). The Morgan fingerprint density at radius 1 is 1.07 bits per heavy atom. The van der Waals surface area contributed by atoms with Crippen molar-refractivity contribution in [2.45, 2.75) is 18.9 Å². The normalized spacial score (nSPS) is 13.2. The van der Waals surface area contributed by atoms with Gasteiger partial charge in [-0.2, -0.15) is 8.42 Å². The fourth-order valence-electron chi connectivity index (χ4n) is 3.11. The highest BCUT2D eigenvalue weighted by atomic mass is 32.2. The second kappa shape index (κ2) is 7.75. The van der Waals surface area contributed by atoms with Crippen molar-refractivity contribution in [3.63, 3.8) is 0 Å². The summed E-state index contributed by atoms with van der Waals surface area (Å²) in [4.78, 5) is 0. The van der Waals surface area contributed by atoms with Crippen LogP contribution in [0.2, 0.25) is 0 Å². The molecule has 146 valence electrons. The standard InChI is InChI=1S/C19H22O7S/c1-23-17-12-7-4-5-8-13(12)18(24-2)19-14(17)11-16(26-19)15(20)9-6-10-25-27(3,21)22/h4-5,7-8,11,15,20H,6,9-10H2,1-3H3. The Balaban J connectivity index is 1.95. The summed E-state index contributed by atoms with van der Waals surface area (Å²) in [5.74, 6) is 1.57. The van der Waals surface area contributed by atoms with Gasteiger partial charge in [0.25, 0.3) is 10.1 Å². The molecule has 8 heteroatoms. The second-order valence-electron chi connectivity index (χ2n) is 6.19. The van der Waals surface area contributed by atoms with Crippen LogP contribution in [0.4, 0.5) is 0 Å². The van der Waals surface area contributed by atoms with E-state index in [-0.39, 0.29) is 6.61 Å². The SMILES string of the molecule is COc1c2ccccc2c(OC)c2oc(C(O)CCCOS(C)(=O)=O)cc12. The van der Waals surface area contributed by atoms with Gasteiger partial charge in [0.05, 0.1) is 32.5 Å². The summed E-state index contributed by atoms with van der Waals surface area (Å²) in [7, 11) is -0.339. The van der Waals surface area contributed by atoms with Crippen LogP contribution in [0.3, 0.4) is 0 Å². The Labute approximate surface area is 157 Å². The maximum absolute atomic E-state index is 11.0. The molecule has 2 aromatic carbocycles. The first-order valence-electron chi connectivity index (χ1n) is 8.44. The number of methoxy groups -OCH3 is 2. The summed E-state index contributed by atoms with van der Waals surface area (Å²) >= 11 is 0. The molecule has 0 aliphatic rings. The summed E-state index contributed by atoms with van der Waals surface area (Å²) in [6, 6.07) is 9.38. The van der Waals surface area contributed by atoms with E-state index in [9.17, 15) is 13.5 Å². The van der Waals surface area contributed by atoms with Gasteiger partial charge in [0, 0.05) is 10.8 Å². The first-order valence-corrected chi connectivity index (χ1v) is 10.3. The Bertz CT molecular complexity index is 992. The smallest absolute Gasteiger partial charge is 0.264 e. The number of ether oxygens (including phenoxy) is 2.